The SMILES string of the molecule is Cc1ccnc(NCC2(c3ccccc3F)CC2)n1. The highest BCUT2D eigenvalue weighted by Crippen LogP contribution is 2.48. The van der Waals surface area contributed by atoms with E-state index in [9.17, 15) is 4.39 Å². The third-order valence-electron chi connectivity index (χ3n) is 3.68. The van der Waals surface area contributed by atoms with Crippen LogP contribution in [0.15, 0.2) is 36.5 Å². The molecule has 1 saturated carbocycles. The molecule has 1 aromatic carbocycles. The summed E-state index contributed by atoms with van der Waals surface area (Å²) in [6.45, 7) is 2.61. The highest BCUT2D eigenvalue weighted by Gasteiger charge is 2.45. The molecule has 0 atom stereocenters. The highest BCUT2D eigenvalue weighted by molar-refractivity contribution is 5.37. The molecule has 1 heterocycles. The number of hydrogen-bond donors (Lipinski definition) is 1. The summed E-state index contributed by atoms with van der Waals surface area (Å²) in [5.41, 5.74) is 1.64. The predicted octanol–water partition coefficient (Wildman–Crippen LogP) is 3.07. The number of halogens is 1. The fourth-order valence-corrected chi connectivity index (χ4v) is 2.37. The zero-order chi connectivity index (χ0) is 13.3. The maximum atomic E-state index is 13.9. The standard InChI is InChI=1S/C15H16FN3/c1-11-6-9-17-14(19-11)18-10-15(7-8-15)12-4-2-3-5-13(12)16/h2-6,9H,7-8,10H2,1H3,(H,17,18,19). The van der Waals surface area contributed by atoms with Crippen LogP contribution < -0.4 is 5.32 Å². The van der Waals surface area contributed by atoms with Crippen molar-refractivity contribution >= 4 is 5.95 Å². The molecule has 0 radical (unpaired) electrons. The molecule has 1 aliphatic rings. The average molecular weight is 257 g/mol. The van der Waals surface area contributed by atoms with Gasteiger partial charge in [0.2, 0.25) is 5.95 Å². The zero-order valence-corrected chi connectivity index (χ0v) is 10.9. The van der Waals surface area contributed by atoms with E-state index in [4.69, 9.17) is 0 Å². The van der Waals surface area contributed by atoms with Crippen LogP contribution in [0.4, 0.5) is 10.3 Å². The van der Waals surface area contributed by atoms with Crippen molar-refractivity contribution in [3.63, 3.8) is 0 Å². The summed E-state index contributed by atoms with van der Waals surface area (Å²) in [5, 5.41) is 3.23. The molecule has 1 aromatic heterocycles. The van der Waals surface area contributed by atoms with Crippen molar-refractivity contribution in [2.24, 2.45) is 0 Å². The van der Waals surface area contributed by atoms with Crippen molar-refractivity contribution in [3.05, 3.63) is 53.6 Å². The second kappa shape index (κ2) is 4.61. The molecule has 0 amide bonds. The Hall–Kier alpha value is -1.97. The Morgan fingerprint density at radius 1 is 1.26 bits per heavy atom. The summed E-state index contributed by atoms with van der Waals surface area (Å²) in [6, 6.07) is 8.88. The maximum absolute atomic E-state index is 13.9. The Labute approximate surface area is 111 Å². The fraction of sp³-hybridized carbons (Fsp3) is 0.333. The van der Waals surface area contributed by atoms with E-state index < -0.39 is 0 Å². The normalized spacial score (nSPS) is 16.1. The molecule has 3 rings (SSSR count). The predicted molar refractivity (Wildman–Crippen MR) is 72.6 cm³/mol. The van der Waals surface area contributed by atoms with Crippen LogP contribution in [0.25, 0.3) is 0 Å². The third-order valence-corrected chi connectivity index (χ3v) is 3.68. The molecular formula is C15H16FN3. The van der Waals surface area contributed by atoms with Gasteiger partial charge in [0.05, 0.1) is 0 Å². The second-order valence-corrected chi connectivity index (χ2v) is 5.14. The number of benzene rings is 1. The van der Waals surface area contributed by atoms with E-state index >= 15 is 0 Å². The second-order valence-electron chi connectivity index (χ2n) is 5.14. The number of nitrogens with one attached hydrogen (secondary N) is 1. The lowest BCUT2D eigenvalue weighted by Gasteiger charge is -2.17. The van der Waals surface area contributed by atoms with Gasteiger partial charge >= 0.3 is 0 Å². The van der Waals surface area contributed by atoms with Crippen LogP contribution in [0.3, 0.4) is 0 Å². The van der Waals surface area contributed by atoms with E-state index in [-0.39, 0.29) is 11.2 Å². The van der Waals surface area contributed by atoms with Crippen LogP contribution in [-0.2, 0) is 5.41 Å². The lowest BCUT2D eigenvalue weighted by molar-refractivity contribution is 0.578. The van der Waals surface area contributed by atoms with Crippen LogP contribution in [0.2, 0.25) is 0 Å². The highest BCUT2D eigenvalue weighted by atomic mass is 19.1. The summed E-state index contributed by atoms with van der Waals surface area (Å²) in [5.74, 6) is 0.495. The molecule has 19 heavy (non-hydrogen) atoms. The Morgan fingerprint density at radius 3 is 2.74 bits per heavy atom. The zero-order valence-electron chi connectivity index (χ0n) is 10.9. The Kier molecular flexibility index (Phi) is 2.93. The van der Waals surface area contributed by atoms with Gasteiger partial charge in [0.15, 0.2) is 0 Å². The van der Waals surface area contributed by atoms with Gasteiger partial charge in [-0.2, -0.15) is 0 Å². The summed E-state index contributed by atoms with van der Waals surface area (Å²) >= 11 is 0. The first kappa shape index (κ1) is 12.1. The molecule has 0 unspecified atom stereocenters. The Morgan fingerprint density at radius 2 is 2.05 bits per heavy atom. The van der Waals surface area contributed by atoms with Crippen LogP contribution in [0.5, 0.6) is 0 Å². The molecule has 1 aliphatic carbocycles. The number of hydrogen-bond acceptors (Lipinski definition) is 3. The largest absolute Gasteiger partial charge is 0.353 e. The molecule has 0 aliphatic heterocycles. The molecule has 3 nitrogen and oxygen atoms in total. The minimum atomic E-state index is -0.119. The average Bonchev–Trinajstić information content (AvgIpc) is 3.18. The van der Waals surface area contributed by atoms with E-state index in [0.29, 0.717) is 12.5 Å². The van der Waals surface area contributed by atoms with Crippen molar-refractivity contribution in [2.75, 3.05) is 11.9 Å². The molecule has 0 spiro atoms. The summed E-state index contributed by atoms with van der Waals surface area (Å²) in [7, 11) is 0. The molecular weight excluding hydrogens is 241 g/mol. The van der Waals surface area contributed by atoms with Gasteiger partial charge in [0.1, 0.15) is 5.82 Å². The topological polar surface area (TPSA) is 37.8 Å². The first-order valence-electron chi connectivity index (χ1n) is 6.48. The van der Waals surface area contributed by atoms with Gasteiger partial charge in [-0.1, -0.05) is 18.2 Å². The first-order chi connectivity index (χ1) is 9.20. The number of aromatic nitrogens is 2. The Bertz CT molecular complexity index is 593. The van der Waals surface area contributed by atoms with E-state index in [2.05, 4.69) is 15.3 Å². The third kappa shape index (κ3) is 2.43. The smallest absolute Gasteiger partial charge is 0.222 e. The van der Waals surface area contributed by atoms with Crippen LogP contribution in [0.1, 0.15) is 24.1 Å². The van der Waals surface area contributed by atoms with E-state index in [1.807, 2.05) is 25.1 Å². The minimum Gasteiger partial charge on any atom is -0.353 e. The molecule has 0 bridgehead atoms. The van der Waals surface area contributed by atoms with Gasteiger partial charge in [0.25, 0.3) is 0 Å². The lowest BCUT2D eigenvalue weighted by atomic mass is 9.95. The van der Waals surface area contributed by atoms with Crippen LogP contribution in [-0.4, -0.2) is 16.5 Å². The number of rotatable bonds is 4. The molecule has 4 heteroatoms. The van der Waals surface area contributed by atoms with Crippen molar-refractivity contribution in [1.29, 1.82) is 0 Å². The number of anilines is 1. The van der Waals surface area contributed by atoms with E-state index in [0.717, 1.165) is 24.1 Å². The van der Waals surface area contributed by atoms with Gasteiger partial charge in [-0.3, -0.25) is 0 Å². The number of aryl methyl sites for hydroxylation is 1. The minimum absolute atomic E-state index is 0.0849. The number of nitrogens with zero attached hydrogens (tertiary/aromatic N) is 2. The Balaban J connectivity index is 1.75. The van der Waals surface area contributed by atoms with E-state index in [1.165, 1.54) is 6.07 Å². The van der Waals surface area contributed by atoms with E-state index in [1.54, 1.807) is 12.3 Å². The van der Waals surface area contributed by atoms with Gasteiger partial charge in [-0.05, 0) is 37.5 Å². The van der Waals surface area contributed by atoms with Gasteiger partial charge in [-0.25, -0.2) is 14.4 Å². The quantitative estimate of drug-likeness (QED) is 0.914. The first-order valence-corrected chi connectivity index (χ1v) is 6.48. The van der Waals surface area contributed by atoms with Crippen LogP contribution in [0, 0.1) is 12.7 Å². The molecule has 1 fully saturated rings. The molecule has 0 saturated heterocycles. The van der Waals surface area contributed by atoms with Gasteiger partial charge < -0.3 is 5.32 Å². The monoisotopic (exact) mass is 257 g/mol. The summed E-state index contributed by atoms with van der Waals surface area (Å²) < 4.78 is 13.9. The molecule has 1 N–H and O–H groups in total. The summed E-state index contributed by atoms with van der Waals surface area (Å²) in [6.07, 6.45) is 3.74. The van der Waals surface area contributed by atoms with Crippen molar-refractivity contribution in [2.45, 2.75) is 25.2 Å². The fourth-order valence-electron chi connectivity index (χ4n) is 2.37. The van der Waals surface area contributed by atoms with Crippen molar-refractivity contribution in [1.82, 2.24) is 9.97 Å². The van der Waals surface area contributed by atoms with Gasteiger partial charge in [0, 0.05) is 23.9 Å². The lowest BCUT2D eigenvalue weighted by Crippen LogP contribution is -2.21. The van der Waals surface area contributed by atoms with Crippen LogP contribution >= 0.6 is 0 Å². The molecule has 2 aromatic rings. The van der Waals surface area contributed by atoms with Gasteiger partial charge in [-0.15, -0.1) is 0 Å². The van der Waals surface area contributed by atoms with Crippen molar-refractivity contribution in [3.8, 4) is 0 Å². The molecule has 98 valence electrons. The summed E-state index contributed by atoms with van der Waals surface area (Å²) in [4.78, 5) is 8.47. The van der Waals surface area contributed by atoms with Crippen molar-refractivity contribution < 1.29 is 4.39 Å². The maximum Gasteiger partial charge on any atom is 0.222 e.